The average Bonchev–Trinajstić information content (AvgIpc) is 3.07. The van der Waals surface area contributed by atoms with Crippen molar-refractivity contribution >= 4 is 17.4 Å². The van der Waals surface area contributed by atoms with Gasteiger partial charge in [0.2, 0.25) is 5.76 Å². The molecule has 1 atom stereocenters. The average molecular weight is 329 g/mol. The molecule has 0 N–H and O–H groups in total. The Morgan fingerprint density at radius 2 is 1.92 bits per heavy atom. The largest absolute Gasteiger partial charge is 0.449 e. The molecule has 1 aromatic carbocycles. The van der Waals surface area contributed by atoms with Crippen molar-refractivity contribution in [1.82, 2.24) is 0 Å². The highest BCUT2D eigenvalue weighted by molar-refractivity contribution is 5.91. The number of benzene rings is 1. The van der Waals surface area contributed by atoms with Crippen molar-refractivity contribution in [1.29, 1.82) is 0 Å². The number of furan rings is 1. The van der Waals surface area contributed by atoms with Crippen LogP contribution in [-0.4, -0.2) is 22.8 Å². The fourth-order valence-corrected chi connectivity index (χ4v) is 2.61. The maximum absolute atomic E-state index is 12.1. The number of non-ortho nitro benzene ring substituents is 1. The quantitative estimate of drug-likeness (QED) is 0.483. The molecule has 1 aromatic heterocycles. The summed E-state index contributed by atoms with van der Waals surface area (Å²) in [6, 6.07) is 8.84. The number of nitro groups is 1. The summed E-state index contributed by atoms with van der Waals surface area (Å²) in [4.78, 5) is 34.0. The van der Waals surface area contributed by atoms with E-state index in [9.17, 15) is 19.7 Å². The van der Waals surface area contributed by atoms with Crippen molar-refractivity contribution in [2.45, 2.75) is 31.8 Å². The molecule has 0 unspecified atom stereocenters. The van der Waals surface area contributed by atoms with Gasteiger partial charge in [0.25, 0.3) is 5.69 Å². The van der Waals surface area contributed by atoms with E-state index in [1.807, 2.05) is 0 Å². The number of nitrogens with zero attached hydrogens (tertiary/aromatic N) is 1. The first kappa shape index (κ1) is 15.9. The molecule has 7 nitrogen and oxygen atoms in total. The highest BCUT2D eigenvalue weighted by atomic mass is 16.6. The summed E-state index contributed by atoms with van der Waals surface area (Å²) in [6.07, 6.45) is 1.97. The third-order valence-corrected chi connectivity index (χ3v) is 3.92. The summed E-state index contributed by atoms with van der Waals surface area (Å²) in [5.74, 6) is -0.339. The molecule has 0 radical (unpaired) electrons. The van der Waals surface area contributed by atoms with Crippen LogP contribution in [-0.2, 0) is 9.53 Å². The summed E-state index contributed by atoms with van der Waals surface area (Å²) in [7, 11) is 0. The molecular weight excluding hydrogens is 314 g/mol. The van der Waals surface area contributed by atoms with Gasteiger partial charge in [-0.05, 0) is 43.5 Å². The van der Waals surface area contributed by atoms with Crippen molar-refractivity contribution < 1.29 is 23.7 Å². The van der Waals surface area contributed by atoms with Crippen LogP contribution >= 0.6 is 0 Å². The zero-order chi connectivity index (χ0) is 17.1. The van der Waals surface area contributed by atoms with Gasteiger partial charge in [-0.1, -0.05) is 0 Å². The van der Waals surface area contributed by atoms with Crippen molar-refractivity contribution in [2.24, 2.45) is 0 Å². The summed E-state index contributed by atoms with van der Waals surface area (Å²) in [5, 5.41) is 10.7. The van der Waals surface area contributed by atoms with Gasteiger partial charge in [-0.2, -0.15) is 0 Å². The maximum Gasteiger partial charge on any atom is 0.374 e. The topological polar surface area (TPSA) is 99.7 Å². The highest BCUT2D eigenvalue weighted by Crippen LogP contribution is 2.26. The standard InChI is InChI=1S/C17H15NO6/c19-13-3-1-2-4-15(13)24-17(20)16-10-9-14(23-16)11-5-7-12(8-6-11)18(21)22/h5-10,15H,1-4H2/t15-/m1/s1. The summed E-state index contributed by atoms with van der Waals surface area (Å²) in [6.45, 7) is 0. The van der Waals surface area contributed by atoms with E-state index in [1.54, 1.807) is 6.07 Å². The molecule has 1 heterocycles. The minimum Gasteiger partial charge on any atom is -0.449 e. The molecule has 124 valence electrons. The molecule has 24 heavy (non-hydrogen) atoms. The number of hydrogen-bond donors (Lipinski definition) is 0. The number of esters is 1. The molecule has 0 aliphatic heterocycles. The Balaban J connectivity index is 1.71. The van der Waals surface area contributed by atoms with Gasteiger partial charge in [-0.25, -0.2) is 4.79 Å². The summed E-state index contributed by atoms with van der Waals surface area (Å²) >= 11 is 0. The Labute approximate surface area is 137 Å². The number of hydrogen-bond acceptors (Lipinski definition) is 6. The zero-order valence-electron chi connectivity index (χ0n) is 12.8. The lowest BCUT2D eigenvalue weighted by atomic mass is 9.96. The second-order valence-electron chi connectivity index (χ2n) is 5.57. The molecule has 0 amide bonds. The first-order valence-corrected chi connectivity index (χ1v) is 7.63. The molecule has 1 fully saturated rings. The Hall–Kier alpha value is -2.96. The molecule has 0 saturated heterocycles. The van der Waals surface area contributed by atoms with Crippen LogP contribution < -0.4 is 0 Å². The fraction of sp³-hybridized carbons (Fsp3) is 0.294. The van der Waals surface area contributed by atoms with E-state index >= 15 is 0 Å². The highest BCUT2D eigenvalue weighted by Gasteiger charge is 2.27. The number of rotatable bonds is 4. The number of nitro benzene ring substituents is 1. The van der Waals surface area contributed by atoms with Crippen LogP contribution in [0.15, 0.2) is 40.8 Å². The van der Waals surface area contributed by atoms with E-state index in [0.29, 0.717) is 24.2 Å². The lowest BCUT2D eigenvalue weighted by Gasteiger charge is -2.19. The van der Waals surface area contributed by atoms with E-state index in [2.05, 4.69) is 0 Å². The molecule has 0 bridgehead atoms. The number of carbonyl (C=O) groups is 2. The third-order valence-electron chi connectivity index (χ3n) is 3.92. The number of Topliss-reactive ketones (excluding diaryl/α,β-unsaturated/α-hetero) is 1. The number of carbonyl (C=O) groups excluding carboxylic acids is 2. The minimum absolute atomic E-state index is 0.00160. The van der Waals surface area contributed by atoms with Crippen LogP contribution in [0.1, 0.15) is 36.2 Å². The molecule has 3 rings (SSSR count). The van der Waals surface area contributed by atoms with Crippen LogP contribution in [0.3, 0.4) is 0 Å². The Morgan fingerprint density at radius 1 is 1.17 bits per heavy atom. The lowest BCUT2D eigenvalue weighted by Crippen LogP contribution is -2.30. The Bertz CT molecular complexity index is 777. The lowest BCUT2D eigenvalue weighted by molar-refractivity contribution is -0.384. The maximum atomic E-state index is 12.1. The molecule has 1 saturated carbocycles. The number of ether oxygens (including phenoxy) is 1. The predicted octanol–water partition coefficient (Wildman–Crippen LogP) is 3.52. The van der Waals surface area contributed by atoms with Gasteiger partial charge in [0, 0.05) is 24.1 Å². The SMILES string of the molecule is O=C(O[C@@H]1CCCCC1=O)c1ccc(-c2ccc([N+](=O)[O-])cc2)o1. The normalized spacial score (nSPS) is 17.5. The van der Waals surface area contributed by atoms with Crippen molar-refractivity contribution in [2.75, 3.05) is 0 Å². The van der Waals surface area contributed by atoms with E-state index < -0.39 is 17.0 Å². The first-order chi connectivity index (χ1) is 11.5. The molecule has 1 aliphatic rings. The monoisotopic (exact) mass is 329 g/mol. The number of ketones is 1. The van der Waals surface area contributed by atoms with E-state index in [4.69, 9.17) is 9.15 Å². The van der Waals surface area contributed by atoms with Gasteiger partial charge < -0.3 is 9.15 Å². The predicted molar refractivity (Wildman–Crippen MR) is 83.5 cm³/mol. The van der Waals surface area contributed by atoms with Crippen LogP contribution in [0.4, 0.5) is 5.69 Å². The van der Waals surface area contributed by atoms with Crippen molar-refractivity contribution in [3.63, 3.8) is 0 Å². The smallest absolute Gasteiger partial charge is 0.374 e. The molecule has 2 aromatic rings. The van der Waals surface area contributed by atoms with E-state index in [1.165, 1.54) is 30.3 Å². The second-order valence-corrected chi connectivity index (χ2v) is 5.57. The molecular formula is C17H15NO6. The van der Waals surface area contributed by atoms with Gasteiger partial charge in [-0.3, -0.25) is 14.9 Å². The van der Waals surface area contributed by atoms with Gasteiger partial charge in [0.05, 0.1) is 4.92 Å². The van der Waals surface area contributed by atoms with Crippen molar-refractivity contribution in [3.05, 3.63) is 52.3 Å². The van der Waals surface area contributed by atoms with Crippen LogP contribution in [0.2, 0.25) is 0 Å². The van der Waals surface area contributed by atoms with Crippen LogP contribution in [0.5, 0.6) is 0 Å². The van der Waals surface area contributed by atoms with Gasteiger partial charge in [-0.15, -0.1) is 0 Å². The summed E-state index contributed by atoms with van der Waals surface area (Å²) in [5.41, 5.74) is 0.578. The zero-order valence-corrected chi connectivity index (χ0v) is 12.8. The van der Waals surface area contributed by atoms with Crippen LogP contribution in [0, 0.1) is 10.1 Å². The molecule has 1 aliphatic carbocycles. The minimum atomic E-state index is -0.695. The van der Waals surface area contributed by atoms with E-state index in [-0.39, 0.29) is 17.2 Å². The Kier molecular flexibility index (Phi) is 4.41. The fourth-order valence-electron chi connectivity index (χ4n) is 2.61. The van der Waals surface area contributed by atoms with Gasteiger partial charge >= 0.3 is 5.97 Å². The molecule has 7 heteroatoms. The van der Waals surface area contributed by atoms with Crippen LogP contribution in [0.25, 0.3) is 11.3 Å². The Morgan fingerprint density at radius 3 is 2.58 bits per heavy atom. The third kappa shape index (κ3) is 3.34. The molecule has 0 spiro atoms. The summed E-state index contributed by atoms with van der Waals surface area (Å²) < 4.78 is 10.7. The van der Waals surface area contributed by atoms with Gasteiger partial charge in [0.15, 0.2) is 11.9 Å². The van der Waals surface area contributed by atoms with E-state index in [0.717, 1.165) is 12.8 Å². The second kappa shape index (κ2) is 6.66. The first-order valence-electron chi connectivity index (χ1n) is 7.63. The van der Waals surface area contributed by atoms with Gasteiger partial charge in [0.1, 0.15) is 5.76 Å². The van der Waals surface area contributed by atoms with Crippen molar-refractivity contribution in [3.8, 4) is 11.3 Å².